The number of aliphatic hydroxyl groups is 1. The van der Waals surface area contributed by atoms with Crippen molar-refractivity contribution in [2.24, 2.45) is 12.5 Å². The summed E-state index contributed by atoms with van der Waals surface area (Å²) in [5, 5.41) is 17.4. The van der Waals surface area contributed by atoms with Crippen LogP contribution in [0.4, 0.5) is 5.69 Å². The van der Waals surface area contributed by atoms with E-state index in [0.29, 0.717) is 0 Å². The van der Waals surface area contributed by atoms with Gasteiger partial charge < -0.3 is 10.4 Å². The van der Waals surface area contributed by atoms with Crippen molar-refractivity contribution in [3.8, 4) is 0 Å². The summed E-state index contributed by atoms with van der Waals surface area (Å²) in [5.41, 5.74) is 3.24. The molecule has 0 aliphatic rings. The molecule has 4 heteroatoms. The van der Waals surface area contributed by atoms with Crippen LogP contribution in [0.2, 0.25) is 0 Å². The van der Waals surface area contributed by atoms with Crippen molar-refractivity contribution in [2.45, 2.75) is 40.5 Å². The Hall–Kier alpha value is -1.03. The Morgan fingerprint density at radius 1 is 1.29 bits per heavy atom. The number of anilines is 1. The summed E-state index contributed by atoms with van der Waals surface area (Å²) in [6.45, 7) is 9.35. The first-order valence-electron chi connectivity index (χ1n) is 6.34. The Kier molecular flexibility index (Phi) is 4.57. The summed E-state index contributed by atoms with van der Waals surface area (Å²) >= 11 is 0. The molecule has 1 rings (SSSR count). The maximum Gasteiger partial charge on any atom is 0.0827 e. The Labute approximate surface area is 104 Å². The van der Waals surface area contributed by atoms with E-state index in [4.69, 9.17) is 0 Å². The van der Waals surface area contributed by atoms with Gasteiger partial charge in [0.15, 0.2) is 0 Å². The molecule has 1 heterocycles. The van der Waals surface area contributed by atoms with E-state index in [2.05, 4.69) is 31.2 Å². The second-order valence-corrected chi connectivity index (χ2v) is 4.89. The highest BCUT2D eigenvalue weighted by Crippen LogP contribution is 2.27. The van der Waals surface area contributed by atoms with Gasteiger partial charge in [0.2, 0.25) is 0 Å². The highest BCUT2D eigenvalue weighted by atomic mass is 16.3. The fourth-order valence-corrected chi connectivity index (χ4v) is 2.08. The van der Waals surface area contributed by atoms with Crippen LogP contribution in [0.1, 0.15) is 38.1 Å². The number of nitrogens with zero attached hydrogens (tertiary/aromatic N) is 2. The SMILES string of the molecule is CCC(CC)(CO)CNc1c(C)nn(C)c1C. The van der Waals surface area contributed by atoms with Gasteiger partial charge in [-0.1, -0.05) is 13.8 Å². The van der Waals surface area contributed by atoms with E-state index in [1.807, 2.05) is 18.7 Å². The van der Waals surface area contributed by atoms with Crippen LogP contribution >= 0.6 is 0 Å². The second-order valence-electron chi connectivity index (χ2n) is 4.89. The highest BCUT2D eigenvalue weighted by Gasteiger charge is 2.25. The van der Waals surface area contributed by atoms with Gasteiger partial charge in [-0.2, -0.15) is 5.10 Å². The first kappa shape index (κ1) is 14.0. The number of hydrogen-bond acceptors (Lipinski definition) is 3. The van der Waals surface area contributed by atoms with Crippen LogP contribution in [0, 0.1) is 19.3 Å². The fourth-order valence-electron chi connectivity index (χ4n) is 2.08. The van der Waals surface area contributed by atoms with E-state index in [9.17, 15) is 5.11 Å². The molecule has 17 heavy (non-hydrogen) atoms. The van der Waals surface area contributed by atoms with Crippen molar-refractivity contribution in [1.29, 1.82) is 0 Å². The third-order valence-electron chi connectivity index (χ3n) is 3.98. The lowest BCUT2D eigenvalue weighted by molar-refractivity contribution is 0.127. The standard InChI is InChI=1S/C13H25N3O/c1-6-13(7-2,9-17)8-14-12-10(3)15-16(5)11(12)4/h14,17H,6-9H2,1-5H3. The Balaban J connectivity index is 2.79. The predicted octanol–water partition coefficient (Wildman–Crippen LogP) is 2.25. The zero-order valence-electron chi connectivity index (χ0n) is 11.7. The Bertz CT molecular complexity index is 359. The van der Waals surface area contributed by atoms with Crippen molar-refractivity contribution in [3.05, 3.63) is 11.4 Å². The molecule has 0 fully saturated rings. The van der Waals surface area contributed by atoms with Crippen LogP contribution < -0.4 is 5.32 Å². The van der Waals surface area contributed by atoms with Crippen molar-refractivity contribution in [1.82, 2.24) is 9.78 Å². The van der Waals surface area contributed by atoms with Gasteiger partial charge in [-0.25, -0.2) is 0 Å². The highest BCUT2D eigenvalue weighted by molar-refractivity contribution is 5.52. The molecule has 0 saturated carbocycles. The lowest BCUT2D eigenvalue weighted by Gasteiger charge is -2.30. The Morgan fingerprint density at radius 3 is 2.24 bits per heavy atom. The smallest absolute Gasteiger partial charge is 0.0827 e. The molecule has 4 nitrogen and oxygen atoms in total. The molecule has 2 N–H and O–H groups in total. The largest absolute Gasteiger partial charge is 0.396 e. The van der Waals surface area contributed by atoms with Gasteiger partial charge in [0, 0.05) is 19.0 Å². The normalized spacial score (nSPS) is 11.9. The van der Waals surface area contributed by atoms with E-state index in [1.54, 1.807) is 0 Å². The summed E-state index contributed by atoms with van der Waals surface area (Å²) in [6, 6.07) is 0. The minimum atomic E-state index is -0.0191. The number of nitrogens with one attached hydrogen (secondary N) is 1. The monoisotopic (exact) mass is 239 g/mol. The minimum absolute atomic E-state index is 0.0191. The number of hydrogen-bond donors (Lipinski definition) is 2. The molecule has 1 aromatic rings. The number of rotatable bonds is 6. The minimum Gasteiger partial charge on any atom is -0.396 e. The maximum atomic E-state index is 9.54. The average Bonchev–Trinajstić information content (AvgIpc) is 2.57. The predicted molar refractivity (Wildman–Crippen MR) is 71.3 cm³/mol. The number of aromatic nitrogens is 2. The summed E-state index contributed by atoms with van der Waals surface area (Å²) in [6.07, 6.45) is 1.96. The summed E-state index contributed by atoms with van der Waals surface area (Å²) in [7, 11) is 1.95. The second kappa shape index (κ2) is 5.54. The molecule has 0 spiro atoms. The summed E-state index contributed by atoms with van der Waals surface area (Å²) in [5.74, 6) is 0. The van der Waals surface area contributed by atoms with Gasteiger partial charge in [0.05, 0.1) is 23.7 Å². The van der Waals surface area contributed by atoms with Crippen LogP contribution in [-0.4, -0.2) is 28.0 Å². The number of aryl methyl sites for hydroxylation is 2. The van der Waals surface area contributed by atoms with Crippen molar-refractivity contribution < 1.29 is 5.11 Å². The van der Waals surface area contributed by atoms with Crippen molar-refractivity contribution in [3.63, 3.8) is 0 Å². The molecular weight excluding hydrogens is 214 g/mol. The van der Waals surface area contributed by atoms with E-state index in [-0.39, 0.29) is 12.0 Å². The Morgan fingerprint density at radius 2 is 1.88 bits per heavy atom. The van der Waals surface area contributed by atoms with E-state index in [0.717, 1.165) is 36.5 Å². The van der Waals surface area contributed by atoms with Gasteiger partial charge in [-0.05, 0) is 26.7 Å². The molecule has 0 amide bonds. The van der Waals surface area contributed by atoms with Gasteiger partial charge in [-0.3, -0.25) is 4.68 Å². The summed E-state index contributed by atoms with van der Waals surface area (Å²) in [4.78, 5) is 0. The van der Waals surface area contributed by atoms with E-state index < -0.39 is 0 Å². The molecule has 1 aromatic heterocycles. The maximum absolute atomic E-state index is 9.54. The lowest BCUT2D eigenvalue weighted by Crippen LogP contribution is -2.32. The molecule has 0 unspecified atom stereocenters. The molecule has 0 saturated heterocycles. The molecule has 0 atom stereocenters. The van der Waals surface area contributed by atoms with Gasteiger partial charge in [-0.15, -0.1) is 0 Å². The zero-order chi connectivity index (χ0) is 13.1. The molecule has 0 aromatic carbocycles. The third kappa shape index (κ3) is 2.80. The van der Waals surface area contributed by atoms with Gasteiger partial charge >= 0.3 is 0 Å². The van der Waals surface area contributed by atoms with Gasteiger partial charge in [0.25, 0.3) is 0 Å². The lowest BCUT2D eigenvalue weighted by atomic mass is 9.83. The van der Waals surface area contributed by atoms with Crippen LogP contribution in [-0.2, 0) is 7.05 Å². The topological polar surface area (TPSA) is 50.1 Å². The zero-order valence-corrected chi connectivity index (χ0v) is 11.7. The summed E-state index contributed by atoms with van der Waals surface area (Å²) < 4.78 is 1.89. The average molecular weight is 239 g/mol. The fraction of sp³-hybridized carbons (Fsp3) is 0.769. The van der Waals surface area contributed by atoms with Crippen LogP contribution in [0.3, 0.4) is 0 Å². The molecule has 0 radical (unpaired) electrons. The van der Waals surface area contributed by atoms with E-state index >= 15 is 0 Å². The van der Waals surface area contributed by atoms with Crippen LogP contribution in [0.25, 0.3) is 0 Å². The molecular formula is C13H25N3O. The van der Waals surface area contributed by atoms with Crippen LogP contribution in [0.15, 0.2) is 0 Å². The molecule has 98 valence electrons. The van der Waals surface area contributed by atoms with Crippen molar-refractivity contribution in [2.75, 3.05) is 18.5 Å². The van der Waals surface area contributed by atoms with E-state index in [1.165, 1.54) is 0 Å². The quantitative estimate of drug-likeness (QED) is 0.800. The molecule has 0 aliphatic heterocycles. The molecule has 0 bridgehead atoms. The van der Waals surface area contributed by atoms with Crippen molar-refractivity contribution >= 4 is 5.69 Å². The first-order chi connectivity index (χ1) is 7.99. The van der Waals surface area contributed by atoms with Gasteiger partial charge in [0.1, 0.15) is 0 Å². The first-order valence-corrected chi connectivity index (χ1v) is 6.34. The third-order valence-corrected chi connectivity index (χ3v) is 3.98. The molecule has 0 aliphatic carbocycles. The number of aliphatic hydroxyl groups excluding tert-OH is 1. The van der Waals surface area contributed by atoms with Crippen LogP contribution in [0.5, 0.6) is 0 Å².